The molecule has 1 aliphatic rings. The van der Waals surface area contributed by atoms with E-state index in [1.807, 2.05) is 36.4 Å². The van der Waals surface area contributed by atoms with Gasteiger partial charge in [0.25, 0.3) is 0 Å². The third-order valence-electron chi connectivity index (χ3n) is 5.40. The number of hydrogen-bond acceptors (Lipinski definition) is 4. The Bertz CT molecular complexity index is 910. The predicted molar refractivity (Wildman–Crippen MR) is 118 cm³/mol. The van der Waals surface area contributed by atoms with Crippen molar-refractivity contribution in [2.75, 3.05) is 13.7 Å². The first-order valence-electron chi connectivity index (χ1n) is 9.16. The van der Waals surface area contributed by atoms with Crippen molar-refractivity contribution in [1.29, 1.82) is 0 Å². The molecule has 0 bridgehead atoms. The highest BCUT2D eigenvalue weighted by Crippen LogP contribution is 2.38. The van der Waals surface area contributed by atoms with E-state index < -0.39 is 0 Å². The Hall–Kier alpha value is -1.85. The first-order valence-corrected chi connectivity index (χ1v) is 9.16. The molecule has 1 fully saturated rings. The Kier molecular flexibility index (Phi) is 7.67. The summed E-state index contributed by atoms with van der Waals surface area (Å²) in [5, 5.41) is 14.7. The molecule has 2 heterocycles. The highest BCUT2D eigenvalue weighted by atomic mass is 35.5. The van der Waals surface area contributed by atoms with E-state index >= 15 is 0 Å². The molecule has 0 aliphatic carbocycles. The largest absolute Gasteiger partial charge is 0.497 e. The monoisotopic (exact) mass is 420 g/mol. The molecule has 0 spiro atoms. The molecule has 150 valence electrons. The molecule has 4 rings (SSSR count). The van der Waals surface area contributed by atoms with Crippen molar-refractivity contribution in [3.63, 3.8) is 0 Å². The van der Waals surface area contributed by atoms with Gasteiger partial charge in [-0.15, -0.1) is 24.8 Å². The minimum atomic E-state index is -0.335. The Balaban J connectivity index is 0.00000140. The maximum Gasteiger partial charge on any atom is 0.118 e. The number of aliphatic hydroxyl groups excluding tert-OH is 1. The summed E-state index contributed by atoms with van der Waals surface area (Å²) in [6.45, 7) is 0.962. The van der Waals surface area contributed by atoms with Gasteiger partial charge in [-0.2, -0.15) is 0 Å². The lowest BCUT2D eigenvalue weighted by Gasteiger charge is -2.39. The van der Waals surface area contributed by atoms with Crippen molar-refractivity contribution >= 4 is 35.7 Å². The van der Waals surface area contributed by atoms with Gasteiger partial charge >= 0.3 is 0 Å². The van der Waals surface area contributed by atoms with Gasteiger partial charge in [0.2, 0.25) is 0 Å². The summed E-state index contributed by atoms with van der Waals surface area (Å²) in [6, 6.07) is 18.3. The number of rotatable bonds is 4. The third-order valence-corrected chi connectivity index (χ3v) is 5.40. The first kappa shape index (κ1) is 22.4. The number of aromatic nitrogens is 1. The fourth-order valence-corrected chi connectivity index (χ4v) is 3.99. The van der Waals surface area contributed by atoms with Crippen LogP contribution in [0.1, 0.15) is 36.1 Å². The van der Waals surface area contributed by atoms with E-state index in [2.05, 4.69) is 23.5 Å². The SMILES string of the molecule is COc1ccc(C2(c3cc(CO)c4ccccc4n3)CCCCN2)cc1.Cl.Cl. The normalized spacial score (nSPS) is 18.8. The van der Waals surface area contributed by atoms with Crippen LogP contribution in [-0.4, -0.2) is 23.7 Å². The van der Waals surface area contributed by atoms with E-state index in [0.29, 0.717) is 0 Å². The van der Waals surface area contributed by atoms with Crippen molar-refractivity contribution in [3.8, 4) is 5.75 Å². The summed E-state index contributed by atoms with van der Waals surface area (Å²) in [4.78, 5) is 4.99. The van der Waals surface area contributed by atoms with Crippen LogP contribution >= 0.6 is 24.8 Å². The minimum Gasteiger partial charge on any atom is -0.497 e. The Morgan fingerprint density at radius 3 is 2.46 bits per heavy atom. The van der Waals surface area contributed by atoms with E-state index in [9.17, 15) is 5.11 Å². The van der Waals surface area contributed by atoms with Gasteiger partial charge in [0.05, 0.1) is 30.5 Å². The average Bonchev–Trinajstić information content (AvgIpc) is 2.73. The molecule has 4 nitrogen and oxygen atoms in total. The molecule has 2 aromatic carbocycles. The van der Waals surface area contributed by atoms with Crippen molar-refractivity contribution in [3.05, 3.63) is 71.4 Å². The molecule has 6 heteroatoms. The van der Waals surface area contributed by atoms with Crippen LogP contribution in [0.2, 0.25) is 0 Å². The van der Waals surface area contributed by atoms with E-state index in [1.165, 1.54) is 12.0 Å². The number of ether oxygens (including phenoxy) is 1. The summed E-state index contributed by atoms with van der Waals surface area (Å²) in [5.74, 6) is 0.849. The lowest BCUT2D eigenvalue weighted by molar-refractivity contribution is 0.280. The lowest BCUT2D eigenvalue weighted by atomic mass is 9.78. The van der Waals surface area contributed by atoms with E-state index in [4.69, 9.17) is 9.72 Å². The van der Waals surface area contributed by atoms with Gasteiger partial charge in [0, 0.05) is 5.39 Å². The number of para-hydroxylation sites is 1. The van der Waals surface area contributed by atoms with Crippen LogP contribution in [-0.2, 0) is 12.1 Å². The number of nitrogens with zero attached hydrogens (tertiary/aromatic N) is 1. The van der Waals surface area contributed by atoms with Crippen molar-refractivity contribution in [2.45, 2.75) is 31.4 Å². The predicted octanol–water partition coefficient (Wildman–Crippen LogP) is 4.60. The van der Waals surface area contributed by atoms with Crippen LogP contribution in [0.5, 0.6) is 5.75 Å². The molecule has 1 atom stereocenters. The molecule has 0 radical (unpaired) electrons. The topological polar surface area (TPSA) is 54.4 Å². The fourth-order valence-electron chi connectivity index (χ4n) is 3.99. The zero-order chi connectivity index (χ0) is 18.0. The zero-order valence-corrected chi connectivity index (χ0v) is 17.5. The summed E-state index contributed by atoms with van der Waals surface area (Å²) < 4.78 is 5.32. The van der Waals surface area contributed by atoms with Crippen LogP contribution in [0.15, 0.2) is 54.6 Å². The number of aliphatic hydroxyl groups is 1. The standard InChI is InChI=1S/C22H24N2O2.2ClH/c1-26-18-10-8-17(9-11-18)22(12-4-5-13-23-22)21-14-16(15-25)19-6-2-3-7-20(19)24-21;;/h2-3,6-11,14,23,25H,4-5,12-13,15H2,1H3;2*1H. The van der Waals surface area contributed by atoms with Gasteiger partial charge in [-0.1, -0.05) is 30.3 Å². The first-order chi connectivity index (χ1) is 12.8. The second kappa shape index (κ2) is 9.57. The van der Waals surface area contributed by atoms with E-state index in [1.54, 1.807) is 7.11 Å². The minimum absolute atomic E-state index is 0. The van der Waals surface area contributed by atoms with Crippen LogP contribution in [0.3, 0.4) is 0 Å². The Labute approximate surface area is 178 Å². The Morgan fingerprint density at radius 2 is 1.82 bits per heavy atom. The number of fused-ring (bicyclic) bond motifs is 1. The molecular weight excluding hydrogens is 395 g/mol. The number of benzene rings is 2. The molecular formula is C22H26Cl2N2O2. The maximum atomic E-state index is 9.92. The van der Waals surface area contributed by atoms with Gasteiger partial charge in [-0.25, -0.2) is 0 Å². The van der Waals surface area contributed by atoms with Crippen LogP contribution in [0, 0.1) is 0 Å². The van der Waals surface area contributed by atoms with Crippen molar-refractivity contribution < 1.29 is 9.84 Å². The van der Waals surface area contributed by atoms with Gasteiger partial charge in [-0.05, 0) is 61.2 Å². The zero-order valence-electron chi connectivity index (χ0n) is 15.9. The van der Waals surface area contributed by atoms with Crippen LogP contribution in [0.25, 0.3) is 10.9 Å². The molecule has 1 saturated heterocycles. The number of halogens is 2. The quantitative estimate of drug-likeness (QED) is 0.647. The van der Waals surface area contributed by atoms with Crippen LogP contribution in [0.4, 0.5) is 0 Å². The second-order valence-electron chi connectivity index (χ2n) is 6.86. The molecule has 0 saturated carbocycles. The summed E-state index contributed by atoms with van der Waals surface area (Å²) in [6.07, 6.45) is 3.29. The molecule has 1 aromatic heterocycles. The Morgan fingerprint density at radius 1 is 1.07 bits per heavy atom. The van der Waals surface area contributed by atoms with Crippen molar-refractivity contribution in [2.24, 2.45) is 0 Å². The summed E-state index contributed by atoms with van der Waals surface area (Å²) in [7, 11) is 1.68. The number of pyridine rings is 1. The lowest BCUT2D eigenvalue weighted by Crippen LogP contribution is -2.47. The number of nitrogens with one attached hydrogen (secondary N) is 1. The number of piperidine rings is 1. The molecule has 0 amide bonds. The van der Waals surface area contributed by atoms with Gasteiger partial charge in [0.15, 0.2) is 0 Å². The average molecular weight is 421 g/mol. The number of methoxy groups -OCH3 is 1. The second-order valence-corrected chi connectivity index (χ2v) is 6.86. The van der Waals surface area contributed by atoms with Gasteiger partial charge in [0.1, 0.15) is 5.75 Å². The highest BCUT2D eigenvalue weighted by molar-refractivity contribution is 5.85. The smallest absolute Gasteiger partial charge is 0.118 e. The third kappa shape index (κ3) is 3.96. The molecule has 28 heavy (non-hydrogen) atoms. The van der Waals surface area contributed by atoms with Gasteiger partial charge < -0.3 is 15.2 Å². The summed E-state index contributed by atoms with van der Waals surface area (Å²) in [5.41, 5.74) is 3.67. The molecule has 3 aromatic rings. The molecule has 1 unspecified atom stereocenters. The number of hydrogen-bond donors (Lipinski definition) is 2. The molecule has 1 aliphatic heterocycles. The summed E-state index contributed by atoms with van der Waals surface area (Å²) >= 11 is 0. The van der Waals surface area contributed by atoms with E-state index in [-0.39, 0.29) is 37.0 Å². The fraction of sp³-hybridized carbons (Fsp3) is 0.318. The van der Waals surface area contributed by atoms with Crippen molar-refractivity contribution in [1.82, 2.24) is 10.3 Å². The highest BCUT2D eigenvalue weighted by Gasteiger charge is 2.37. The van der Waals surface area contributed by atoms with Crippen LogP contribution < -0.4 is 10.1 Å². The maximum absolute atomic E-state index is 9.92. The molecule has 2 N–H and O–H groups in total. The van der Waals surface area contributed by atoms with E-state index in [0.717, 1.165) is 47.3 Å². The van der Waals surface area contributed by atoms with Gasteiger partial charge in [-0.3, -0.25) is 4.98 Å².